The molecule has 15 heavy (non-hydrogen) atoms. The molecule has 0 aliphatic heterocycles. The van der Waals surface area contributed by atoms with Crippen LogP contribution in [0.4, 0.5) is 0 Å². The third kappa shape index (κ3) is 3.03. The van der Waals surface area contributed by atoms with Gasteiger partial charge in [-0.15, -0.1) is 0 Å². The van der Waals surface area contributed by atoms with Gasteiger partial charge in [0.25, 0.3) is 0 Å². The molecule has 0 saturated heterocycles. The zero-order chi connectivity index (χ0) is 11.1. The van der Waals surface area contributed by atoms with Crippen LogP contribution in [0.2, 0.25) is 0 Å². The van der Waals surface area contributed by atoms with Gasteiger partial charge in [-0.25, -0.2) is 0 Å². The van der Waals surface area contributed by atoms with E-state index in [2.05, 4.69) is 0 Å². The molecule has 0 aliphatic carbocycles. The van der Waals surface area contributed by atoms with Gasteiger partial charge in [-0.1, -0.05) is 6.07 Å². The van der Waals surface area contributed by atoms with Crippen molar-refractivity contribution in [2.45, 2.75) is 6.92 Å². The van der Waals surface area contributed by atoms with Gasteiger partial charge in [0.15, 0.2) is 11.5 Å². The maximum Gasteiger partial charge on any atom is 0.161 e. The summed E-state index contributed by atoms with van der Waals surface area (Å²) in [4.78, 5) is 0. The monoisotopic (exact) mass is 203 g/mol. The van der Waals surface area contributed by atoms with E-state index >= 15 is 0 Å². The minimum atomic E-state index is 0.601. The number of benzene rings is 1. The first-order valence-electron chi connectivity index (χ1n) is 4.68. The molecule has 78 valence electrons. The van der Waals surface area contributed by atoms with Crippen molar-refractivity contribution in [3.8, 4) is 17.6 Å². The topological polar surface area (TPSA) is 42.2 Å². The summed E-state index contributed by atoms with van der Waals surface area (Å²) in [6.07, 6.45) is 3.15. The molecule has 0 atom stereocenters. The van der Waals surface area contributed by atoms with Crippen molar-refractivity contribution in [2.75, 3.05) is 13.7 Å². The minimum absolute atomic E-state index is 0.601. The predicted molar refractivity (Wildman–Crippen MR) is 58.8 cm³/mol. The highest BCUT2D eigenvalue weighted by molar-refractivity contribution is 5.57. The van der Waals surface area contributed by atoms with E-state index in [9.17, 15) is 0 Å². The van der Waals surface area contributed by atoms with E-state index in [0.717, 1.165) is 5.56 Å². The standard InChI is InChI=1S/C12H13NO2/c1-3-15-11-7-6-10(5-4-8-13)9-12(11)14-2/h4-7,9H,3H2,1-2H3. The van der Waals surface area contributed by atoms with Crippen LogP contribution in [0.3, 0.4) is 0 Å². The molecule has 3 nitrogen and oxygen atoms in total. The van der Waals surface area contributed by atoms with Crippen LogP contribution in [0.15, 0.2) is 24.3 Å². The molecular formula is C12H13NO2. The minimum Gasteiger partial charge on any atom is -0.493 e. The highest BCUT2D eigenvalue weighted by Gasteiger charge is 2.03. The second-order valence-corrected chi connectivity index (χ2v) is 2.81. The maximum atomic E-state index is 8.40. The molecule has 0 bridgehead atoms. The molecule has 0 amide bonds. The number of nitrogens with zero attached hydrogens (tertiary/aromatic N) is 1. The molecule has 3 heteroatoms. The predicted octanol–water partition coefficient (Wildman–Crippen LogP) is 2.63. The normalized spacial score (nSPS) is 9.93. The molecule has 0 aromatic heterocycles. The molecule has 0 saturated carbocycles. The van der Waals surface area contributed by atoms with Crippen LogP contribution in [0.5, 0.6) is 11.5 Å². The van der Waals surface area contributed by atoms with Crippen molar-refractivity contribution in [3.05, 3.63) is 29.8 Å². The molecule has 0 radical (unpaired) electrons. The van der Waals surface area contributed by atoms with Gasteiger partial charge in [-0.05, 0) is 30.7 Å². The third-order valence-corrected chi connectivity index (χ3v) is 1.84. The molecule has 0 heterocycles. The summed E-state index contributed by atoms with van der Waals surface area (Å²) in [5.41, 5.74) is 0.914. The molecule has 0 N–H and O–H groups in total. The Morgan fingerprint density at radius 3 is 2.80 bits per heavy atom. The van der Waals surface area contributed by atoms with Gasteiger partial charge < -0.3 is 9.47 Å². The summed E-state index contributed by atoms with van der Waals surface area (Å²) >= 11 is 0. The molecule has 1 aromatic rings. The van der Waals surface area contributed by atoms with Crippen LogP contribution in [0.25, 0.3) is 6.08 Å². The summed E-state index contributed by atoms with van der Waals surface area (Å²) in [6, 6.07) is 7.48. The number of allylic oxidation sites excluding steroid dienone is 1. The van der Waals surface area contributed by atoms with E-state index in [1.807, 2.05) is 31.2 Å². The Kier molecular flexibility index (Phi) is 4.24. The van der Waals surface area contributed by atoms with E-state index in [-0.39, 0.29) is 0 Å². The van der Waals surface area contributed by atoms with Crippen LogP contribution < -0.4 is 9.47 Å². The van der Waals surface area contributed by atoms with Gasteiger partial charge in [0.1, 0.15) is 0 Å². The number of hydrogen-bond acceptors (Lipinski definition) is 3. The van der Waals surface area contributed by atoms with Crippen LogP contribution >= 0.6 is 0 Å². The van der Waals surface area contributed by atoms with Crippen LogP contribution in [-0.4, -0.2) is 13.7 Å². The van der Waals surface area contributed by atoms with E-state index in [4.69, 9.17) is 14.7 Å². The van der Waals surface area contributed by atoms with Crippen molar-refractivity contribution in [1.82, 2.24) is 0 Å². The van der Waals surface area contributed by atoms with Crippen molar-refractivity contribution in [2.24, 2.45) is 0 Å². The number of ether oxygens (including phenoxy) is 2. The first-order chi connectivity index (χ1) is 7.31. The highest BCUT2D eigenvalue weighted by atomic mass is 16.5. The summed E-state index contributed by atoms with van der Waals surface area (Å²) < 4.78 is 10.5. The summed E-state index contributed by atoms with van der Waals surface area (Å²) in [5.74, 6) is 1.39. The first-order valence-corrected chi connectivity index (χ1v) is 4.68. The summed E-state index contributed by atoms with van der Waals surface area (Å²) in [7, 11) is 1.59. The van der Waals surface area contributed by atoms with Gasteiger partial charge in [0, 0.05) is 6.08 Å². The van der Waals surface area contributed by atoms with Crippen LogP contribution in [0, 0.1) is 11.3 Å². The van der Waals surface area contributed by atoms with Crippen molar-refractivity contribution in [1.29, 1.82) is 5.26 Å². The van der Waals surface area contributed by atoms with E-state index in [1.54, 1.807) is 13.2 Å². The fourth-order valence-electron chi connectivity index (χ4n) is 1.20. The third-order valence-electron chi connectivity index (χ3n) is 1.84. The van der Waals surface area contributed by atoms with Crippen molar-refractivity contribution >= 4 is 6.08 Å². The zero-order valence-electron chi connectivity index (χ0n) is 8.86. The number of nitriles is 1. The Morgan fingerprint density at radius 1 is 1.40 bits per heavy atom. The Morgan fingerprint density at radius 2 is 2.20 bits per heavy atom. The van der Waals surface area contributed by atoms with Gasteiger partial charge in [0.05, 0.1) is 19.8 Å². The average Bonchev–Trinajstić information content (AvgIpc) is 2.28. The second kappa shape index (κ2) is 5.71. The zero-order valence-corrected chi connectivity index (χ0v) is 8.86. The SMILES string of the molecule is CCOc1ccc(C=CC#N)cc1OC. The lowest BCUT2D eigenvalue weighted by atomic mass is 10.2. The fourth-order valence-corrected chi connectivity index (χ4v) is 1.20. The van der Waals surface area contributed by atoms with Gasteiger partial charge in [0.2, 0.25) is 0 Å². The van der Waals surface area contributed by atoms with E-state index in [1.165, 1.54) is 6.08 Å². The molecule has 0 spiro atoms. The van der Waals surface area contributed by atoms with Gasteiger partial charge in [-0.2, -0.15) is 5.26 Å². The molecule has 0 unspecified atom stereocenters. The Balaban J connectivity index is 2.97. The average molecular weight is 203 g/mol. The molecule has 1 aromatic carbocycles. The Labute approximate surface area is 89.6 Å². The summed E-state index contributed by atoms with van der Waals surface area (Å²) in [6.45, 7) is 2.52. The quantitative estimate of drug-likeness (QED) is 0.706. The van der Waals surface area contributed by atoms with Crippen LogP contribution in [-0.2, 0) is 0 Å². The fraction of sp³-hybridized carbons (Fsp3) is 0.250. The first kappa shape index (κ1) is 11.1. The molecular weight excluding hydrogens is 190 g/mol. The smallest absolute Gasteiger partial charge is 0.161 e. The van der Waals surface area contributed by atoms with Crippen LogP contribution in [0.1, 0.15) is 12.5 Å². The Bertz CT molecular complexity index is 391. The van der Waals surface area contributed by atoms with E-state index < -0.39 is 0 Å². The largest absolute Gasteiger partial charge is 0.493 e. The van der Waals surface area contributed by atoms with Crippen molar-refractivity contribution < 1.29 is 9.47 Å². The lowest BCUT2D eigenvalue weighted by Gasteiger charge is -2.09. The van der Waals surface area contributed by atoms with Gasteiger partial charge in [-0.3, -0.25) is 0 Å². The summed E-state index contributed by atoms with van der Waals surface area (Å²) in [5, 5.41) is 8.40. The lowest BCUT2D eigenvalue weighted by Crippen LogP contribution is -1.95. The second-order valence-electron chi connectivity index (χ2n) is 2.81. The number of rotatable bonds is 4. The van der Waals surface area contributed by atoms with Crippen molar-refractivity contribution in [3.63, 3.8) is 0 Å². The molecule has 0 aliphatic rings. The number of methoxy groups -OCH3 is 1. The molecule has 0 fully saturated rings. The lowest BCUT2D eigenvalue weighted by molar-refractivity contribution is 0.311. The van der Waals surface area contributed by atoms with E-state index in [0.29, 0.717) is 18.1 Å². The molecule has 1 rings (SSSR count). The highest BCUT2D eigenvalue weighted by Crippen LogP contribution is 2.28. The maximum absolute atomic E-state index is 8.40. The number of hydrogen-bond donors (Lipinski definition) is 0. The Hall–Kier alpha value is -1.95. The van der Waals surface area contributed by atoms with Gasteiger partial charge >= 0.3 is 0 Å².